The first-order chi connectivity index (χ1) is 15.2. The highest BCUT2D eigenvalue weighted by Gasteiger charge is 2.48. The first kappa shape index (κ1) is 25.4. The number of carbonyl (C=O) groups excluding carboxylic acids is 1. The molecule has 184 valence electrons. The van der Waals surface area contributed by atoms with Gasteiger partial charge in [-0.3, -0.25) is 9.32 Å². The molecule has 14 heteroatoms. The molecule has 2 aromatic rings. The Morgan fingerprint density at radius 1 is 1.52 bits per heavy atom. The molecule has 0 spiro atoms. The number of nitrogens with one attached hydrogen (secondary N) is 1. The molecule has 1 saturated heterocycles. The maximum Gasteiger partial charge on any atom is 0.403 e. The number of hydrogen-bond donors (Lipinski definition) is 3. The molecule has 1 aliphatic rings. The molecule has 4 N–H and O–H groups in total. The highest BCUT2D eigenvalue weighted by atomic mass is 31.2. The SMILES string of the molecule is C[C@H](NP(=O)(O)OC[C@@H]1C[C@@](C)(F)[C@H](c2cnc3c(N)ncnn23)O1)C(=O)OCC(C)(C)C. The summed E-state index contributed by atoms with van der Waals surface area (Å²) >= 11 is 0. The molecule has 5 atom stereocenters. The van der Waals surface area contributed by atoms with E-state index in [1.807, 2.05) is 20.8 Å². The van der Waals surface area contributed by atoms with Crippen LogP contribution >= 0.6 is 7.75 Å². The number of imidazole rings is 1. The van der Waals surface area contributed by atoms with Crippen molar-refractivity contribution in [3.63, 3.8) is 0 Å². The van der Waals surface area contributed by atoms with Gasteiger partial charge in [0.15, 0.2) is 11.5 Å². The molecule has 3 heterocycles. The number of nitrogens with two attached hydrogens (primary N) is 1. The maximum atomic E-state index is 15.3. The number of alkyl halides is 1. The van der Waals surface area contributed by atoms with Crippen molar-refractivity contribution in [3.05, 3.63) is 18.2 Å². The van der Waals surface area contributed by atoms with Gasteiger partial charge in [0.25, 0.3) is 0 Å². The molecule has 0 aliphatic carbocycles. The van der Waals surface area contributed by atoms with E-state index in [1.54, 1.807) is 0 Å². The van der Waals surface area contributed by atoms with Crippen molar-refractivity contribution in [2.24, 2.45) is 5.41 Å². The number of nitrogen functional groups attached to an aromatic ring is 1. The predicted octanol–water partition coefficient (Wildman–Crippen LogP) is 1.95. The van der Waals surface area contributed by atoms with Crippen LogP contribution < -0.4 is 10.8 Å². The number of hydrogen-bond acceptors (Lipinski definition) is 9. The quantitative estimate of drug-likeness (QED) is 0.367. The van der Waals surface area contributed by atoms with Gasteiger partial charge in [0.2, 0.25) is 0 Å². The Morgan fingerprint density at radius 2 is 2.21 bits per heavy atom. The summed E-state index contributed by atoms with van der Waals surface area (Å²) in [6, 6.07) is -1.09. The molecule has 0 bridgehead atoms. The lowest BCUT2D eigenvalue weighted by atomic mass is 9.96. The Bertz CT molecular complexity index is 1060. The standard InChI is InChI=1S/C19H30FN6O6P/c1-11(17(27)30-9-18(2,3)4)25-33(28,29)31-8-12-6-19(5,20)14(32-12)13-7-22-16-15(21)23-10-24-26(13)16/h7,10-12,14H,6,8-9H2,1-5H3,(H2,21,23,24)(H2,25,28,29)/t11-,12-,14-,19+/m0/s1. The Morgan fingerprint density at radius 3 is 2.88 bits per heavy atom. The second kappa shape index (κ2) is 9.22. The number of ether oxygens (including phenoxy) is 2. The number of halogens is 1. The predicted molar refractivity (Wildman–Crippen MR) is 116 cm³/mol. The van der Waals surface area contributed by atoms with Gasteiger partial charge in [-0.1, -0.05) is 20.8 Å². The normalized spacial score (nSPS) is 26.3. The van der Waals surface area contributed by atoms with Crippen molar-refractivity contribution < 1.29 is 32.6 Å². The summed E-state index contributed by atoms with van der Waals surface area (Å²) in [5.74, 6) is -0.553. The van der Waals surface area contributed by atoms with Crippen LogP contribution in [0.25, 0.3) is 5.65 Å². The van der Waals surface area contributed by atoms with Crippen LogP contribution in [0.1, 0.15) is 52.8 Å². The number of anilines is 1. The topological polar surface area (TPSA) is 163 Å². The molecule has 33 heavy (non-hydrogen) atoms. The first-order valence-corrected chi connectivity index (χ1v) is 12.0. The molecule has 3 rings (SSSR count). The van der Waals surface area contributed by atoms with Gasteiger partial charge >= 0.3 is 13.7 Å². The Labute approximate surface area is 190 Å². The molecule has 0 aromatic carbocycles. The molecular weight excluding hydrogens is 458 g/mol. The third-order valence-electron chi connectivity index (χ3n) is 4.92. The summed E-state index contributed by atoms with van der Waals surface area (Å²) in [4.78, 5) is 30.1. The van der Waals surface area contributed by atoms with Crippen LogP contribution in [0.3, 0.4) is 0 Å². The van der Waals surface area contributed by atoms with Gasteiger partial charge in [-0.2, -0.15) is 5.10 Å². The van der Waals surface area contributed by atoms with Crippen molar-refractivity contribution in [2.75, 3.05) is 18.9 Å². The zero-order valence-electron chi connectivity index (χ0n) is 19.2. The molecule has 1 fully saturated rings. The van der Waals surface area contributed by atoms with E-state index in [4.69, 9.17) is 19.7 Å². The van der Waals surface area contributed by atoms with Gasteiger partial charge in [-0.15, -0.1) is 0 Å². The van der Waals surface area contributed by atoms with Gasteiger partial charge < -0.3 is 20.1 Å². The monoisotopic (exact) mass is 488 g/mol. The minimum absolute atomic E-state index is 0.103. The molecule has 1 unspecified atom stereocenters. The first-order valence-electron chi connectivity index (χ1n) is 10.4. The van der Waals surface area contributed by atoms with E-state index in [0.717, 1.165) is 0 Å². The minimum Gasteiger partial charge on any atom is -0.464 e. The summed E-state index contributed by atoms with van der Waals surface area (Å²) < 4.78 is 45.0. The number of esters is 1. The molecule has 2 aromatic heterocycles. The van der Waals surface area contributed by atoms with Crippen LogP contribution in [-0.2, 0) is 23.4 Å². The lowest BCUT2D eigenvalue weighted by Crippen LogP contribution is -2.35. The van der Waals surface area contributed by atoms with Gasteiger partial charge in [0.05, 0.1) is 31.2 Å². The van der Waals surface area contributed by atoms with Crippen LogP contribution in [0, 0.1) is 5.41 Å². The summed E-state index contributed by atoms with van der Waals surface area (Å²) in [5.41, 5.74) is 4.28. The fraction of sp³-hybridized carbons (Fsp3) is 0.684. The summed E-state index contributed by atoms with van der Waals surface area (Å²) in [6.07, 6.45) is 0.623. The van der Waals surface area contributed by atoms with E-state index >= 15 is 4.39 Å². The second-order valence-electron chi connectivity index (χ2n) is 9.52. The lowest BCUT2D eigenvalue weighted by molar-refractivity contribution is -0.148. The van der Waals surface area contributed by atoms with Crippen molar-refractivity contribution in [3.8, 4) is 0 Å². The summed E-state index contributed by atoms with van der Waals surface area (Å²) in [5, 5.41) is 6.27. The van der Waals surface area contributed by atoms with Crippen LogP contribution in [0.5, 0.6) is 0 Å². The molecular formula is C19H30FN6O6P. The zero-order valence-corrected chi connectivity index (χ0v) is 20.1. The highest BCUT2D eigenvalue weighted by molar-refractivity contribution is 7.50. The Balaban J connectivity index is 1.60. The number of nitrogens with zero attached hydrogens (tertiary/aromatic N) is 4. The molecule has 0 saturated carbocycles. The number of aromatic nitrogens is 4. The molecule has 12 nitrogen and oxygen atoms in total. The van der Waals surface area contributed by atoms with Crippen molar-refractivity contribution in [2.45, 2.75) is 65.0 Å². The van der Waals surface area contributed by atoms with E-state index < -0.39 is 37.6 Å². The van der Waals surface area contributed by atoms with Crippen LogP contribution in [0.15, 0.2) is 12.5 Å². The molecule has 0 amide bonds. The van der Waals surface area contributed by atoms with Crippen molar-refractivity contribution in [1.82, 2.24) is 24.7 Å². The smallest absolute Gasteiger partial charge is 0.403 e. The van der Waals surface area contributed by atoms with E-state index in [1.165, 1.54) is 30.9 Å². The van der Waals surface area contributed by atoms with Crippen molar-refractivity contribution in [1.29, 1.82) is 0 Å². The second-order valence-corrected chi connectivity index (χ2v) is 11.1. The van der Waals surface area contributed by atoms with E-state index in [-0.39, 0.29) is 36.5 Å². The maximum absolute atomic E-state index is 15.3. The molecule has 1 aliphatic heterocycles. The number of carbonyl (C=O) groups is 1. The van der Waals surface area contributed by atoms with Crippen LogP contribution in [-0.4, -0.2) is 61.5 Å². The van der Waals surface area contributed by atoms with E-state index in [2.05, 4.69) is 20.2 Å². The van der Waals surface area contributed by atoms with Crippen molar-refractivity contribution >= 4 is 25.2 Å². The number of rotatable bonds is 8. The minimum atomic E-state index is -4.39. The van der Waals surface area contributed by atoms with Crippen LogP contribution in [0.2, 0.25) is 0 Å². The van der Waals surface area contributed by atoms with Crippen LogP contribution in [0.4, 0.5) is 10.2 Å². The summed E-state index contributed by atoms with van der Waals surface area (Å²) in [7, 11) is -4.39. The zero-order chi connectivity index (χ0) is 24.6. The van der Waals surface area contributed by atoms with E-state index in [9.17, 15) is 14.3 Å². The van der Waals surface area contributed by atoms with E-state index in [0.29, 0.717) is 5.69 Å². The largest absolute Gasteiger partial charge is 0.464 e. The van der Waals surface area contributed by atoms with Gasteiger partial charge in [0, 0.05) is 6.42 Å². The van der Waals surface area contributed by atoms with Gasteiger partial charge in [-0.05, 0) is 19.3 Å². The van der Waals surface area contributed by atoms with Gasteiger partial charge in [0.1, 0.15) is 24.1 Å². The van der Waals surface area contributed by atoms with Gasteiger partial charge in [-0.25, -0.2) is 28.5 Å². The average Bonchev–Trinajstić information content (AvgIpc) is 3.24. The Hall–Kier alpha value is -2.18. The Kier molecular flexibility index (Phi) is 7.11. The third kappa shape index (κ3) is 6.24. The fourth-order valence-electron chi connectivity index (χ4n) is 3.37. The lowest BCUT2D eigenvalue weighted by Gasteiger charge is -2.22. The highest BCUT2D eigenvalue weighted by Crippen LogP contribution is 2.46. The average molecular weight is 488 g/mol. The molecule has 0 radical (unpaired) electrons. The number of fused-ring (bicyclic) bond motifs is 1. The third-order valence-corrected chi connectivity index (χ3v) is 6.13. The fourth-order valence-corrected chi connectivity index (χ4v) is 4.41. The summed E-state index contributed by atoms with van der Waals surface area (Å²) in [6.45, 7) is 8.18.